The van der Waals surface area contributed by atoms with Gasteiger partial charge in [-0.1, -0.05) is 24.3 Å². The first-order valence-electron chi connectivity index (χ1n) is 5.26. The number of carbonyl (C=O) groups excluding carboxylic acids is 1. The lowest BCUT2D eigenvalue weighted by atomic mass is 9.98. The molecule has 4 heteroatoms. The molecule has 2 aromatic rings. The number of hydrogen-bond acceptors (Lipinski definition) is 3. The van der Waals surface area contributed by atoms with Crippen molar-refractivity contribution in [3.8, 4) is 11.1 Å². The van der Waals surface area contributed by atoms with E-state index in [2.05, 4.69) is 9.97 Å². The highest BCUT2D eigenvalue weighted by Crippen LogP contribution is 2.24. The average Bonchev–Trinajstić information content (AvgIpc) is 2.29. The van der Waals surface area contributed by atoms with Crippen LogP contribution in [0.1, 0.15) is 23.0 Å². The number of Topliss-reactive ketones (excluding diaryl/α,β-unsaturated/α-hetero) is 1. The van der Waals surface area contributed by atoms with E-state index >= 15 is 0 Å². The molecule has 17 heavy (non-hydrogen) atoms. The molecule has 4 nitrogen and oxygen atoms in total. The average molecular weight is 228 g/mol. The Morgan fingerprint density at radius 1 is 1.24 bits per heavy atom. The lowest BCUT2D eigenvalue weighted by Crippen LogP contribution is -2.11. The van der Waals surface area contributed by atoms with Crippen molar-refractivity contribution < 1.29 is 4.79 Å². The van der Waals surface area contributed by atoms with Gasteiger partial charge in [0.25, 0.3) is 0 Å². The van der Waals surface area contributed by atoms with E-state index in [1.807, 2.05) is 18.2 Å². The number of carbonyl (C=O) groups is 1. The molecule has 0 unspecified atom stereocenters. The van der Waals surface area contributed by atoms with E-state index in [9.17, 15) is 9.59 Å². The fourth-order valence-corrected chi connectivity index (χ4v) is 1.78. The molecule has 0 aliphatic carbocycles. The van der Waals surface area contributed by atoms with Crippen LogP contribution in [-0.4, -0.2) is 15.8 Å². The molecule has 0 amide bonds. The number of aromatic nitrogens is 2. The number of nitrogens with zero attached hydrogens (tertiary/aromatic N) is 1. The number of rotatable bonds is 2. The molecule has 1 heterocycles. The van der Waals surface area contributed by atoms with Crippen LogP contribution >= 0.6 is 0 Å². The quantitative estimate of drug-likeness (QED) is 0.799. The minimum absolute atomic E-state index is 0.00815. The third kappa shape index (κ3) is 2.15. The Kier molecular flexibility index (Phi) is 2.87. The Balaban J connectivity index is 2.68. The van der Waals surface area contributed by atoms with Gasteiger partial charge in [-0.25, -0.2) is 9.78 Å². The third-order valence-electron chi connectivity index (χ3n) is 2.61. The van der Waals surface area contributed by atoms with E-state index in [4.69, 9.17) is 0 Å². The van der Waals surface area contributed by atoms with E-state index in [1.54, 1.807) is 13.0 Å². The summed E-state index contributed by atoms with van der Waals surface area (Å²) in [5, 5.41) is 0. The summed E-state index contributed by atoms with van der Waals surface area (Å²) in [7, 11) is 0. The molecule has 0 radical (unpaired) electrons. The molecule has 0 fully saturated rings. The van der Waals surface area contributed by atoms with Crippen LogP contribution in [-0.2, 0) is 0 Å². The van der Waals surface area contributed by atoms with Gasteiger partial charge in [-0.3, -0.25) is 4.79 Å². The molecule has 1 N–H and O–H groups in total. The summed E-state index contributed by atoms with van der Waals surface area (Å²) in [6, 6.07) is 7.28. The van der Waals surface area contributed by atoms with Crippen LogP contribution < -0.4 is 5.69 Å². The van der Waals surface area contributed by atoms with Crippen LogP contribution in [0, 0.1) is 6.92 Å². The van der Waals surface area contributed by atoms with Crippen LogP contribution in [0.5, 0.6) is 0 Å². The van der Waals surface area contributed by atoms with E-state index in [-0.39, 0.29) is 11.5 Å². The van der Waals surface area contributed by atoms with E-state index < -0.39 is 0 Å². The highest BCUT2D eigenvalue weighted by molar-refractivity contribution is 6.00. The predicted octanol–water partition coefficient (Wildman–Crippen LogP) is 1.95. The topological polar surface area (TPSA) is 62.8 Å². The Hall–Kier alpha value is -2.23. The molecule has 0 spiro atoms. The summed E-state index contributed by atoms with van der Waals surface area (Å²) in [5.41, 5.74) is 2.52. The molecule has 0 saturated carbocycles. The second kappa shape index (κ2) is 4.33. The monoisotopic (exact) mass is 228 g/mol. The molecular formula is C13H12N2O2. The van der Waals surface area contributed by atoms with E-state index in [0.717, 1.165) is 11.1 Å². The molecule has 0 saturated heterocycles. The van der Waals surface area contributed by atoms with Gasteiger partial charge in [0.2, 0.25) is 0 Å². The third-order valence-corrected chi connectivity index (χ3v) is 2.61. The minimum atomic E-state index is -0.383. The maximum atomic E-state index is 11.5. The largest absolute Gasteiger partial charge is 0.345 e. The molecule has 0 aliphatic rings. The smallest absolute Gasteiger partial charge is 0.309 e. The number of aromatic amines is 1. The van der Waals surface area contributed by atoms with Gasteiger partial charge < -0.3 is 4.98 Å². The predicted molar refractivity (Wildman–Crippen MR) is 65.0 cm³/mol. The van der Waals surface area contributed by atoms with E-state index in [0.29, 0.717) is 11.3 Å². The van der Waals surface area contributed by atoms with Crippen LogP contribution in [0.15, 0.2) is 35.3 Å². The fourth-order valence-electron chi connectivity index (χ4n) is 1.78. The van der Waals surface area contributed by atoms with Crippen molar-refractivity contribution in [3.05, 3.63) is 52.2 Å². The second-order valence-electron chi connectivity index (χ2n) is 3.83. The maximum Gasteiger partial charge on any atom is 0.345 e. The molecule has 86 valence electrons. The summed E-state index contributed by atoms with van der Waals surface area (Å²) in [4.78, 5) is 28.9. The summed E-state index contributed by atoms with van der Waals surface area (Å²) in [6.45, 7) is 3.31. The van der Waals surface area contributed by atoms with Crippen LogP contribution in [0.3, 0.4) is 0 Å². The van der Waals surface area contributed by atoms with Gasteiger partial charge in [-0.15, -0.1) is 0 Å². The number of ketones is 1. The van der Waals surface area contributed by atoms with Crippen molar-refractivity contribution in [1.29, 1.82) is 0 Å². The highest BCUT2D eigenvalue weighted by Gasteiger charge is 2.10. The second-order valence-corrected chi connectivity index (χ2v) is 3.83. The number of H-pyrrole nitrogens is 1. The first-order chi connectivity index (χ1) is 8.09. The summed E-state index contributed by atoms with van der Waals surface area (Å²) in [5.74, 6) is -0.00815. The Labute approximate surface area is 98.3 Å². The normalized spacial score (nSPS) is 10.2. The fraction of sp³-hybridized carbons (Fsp3) is 0.154. The molecule has 0 aliphatic heterocycles. The highest BCUT2D eigenvalue weighted by atomic mass is 16.1. The van der Waals surface area contributed by atoms with Crippen LogP contribution in [0.2, 0.25) is 0 Å². The van der Waals surface area contributed by atoms with Crippen molar-refractivity contribution >= 4 is 5.78 Å². The van der Waals surface area contributed by atoms with Crippen molar-refractivity contribution in [2.75, 3.05) is 0 Å². The van der Waals surface area contributed by atoms with Gasteiger partial charge in [0.1, 0.15) is 0 Å². The first kappa shape index (κ1) is 11.3. The molecule has 1 aromatic carbocycles. The zero-order valence-electron chi connectivity index (χ0n) is 9.65. The van der Waals surface area contributed by atoms with Crippen molar-refractivity contribution in [3.63, 3.8) is 0 Å². The van der Waals surface area contributed by atoms with Gasteiger partial charge in [0, 0.05) is 23.0 Å². The first-order valence-corrected chi connectivity index (χ1v) is 5.26. The Morgan fingerprint density at radius 3 is 2.59 bits per heavy atom. The number of benzene rings is 1. The zero-order valence-corrected chi connectivity index (χ0v) is 9.65. The van der Waals surface area contributed by atoms with Crippen molar-refractivity contribution in [2.45, 2.75) is 13.8 Å². The van der Waals surface area contributed by atoms with Gasteiger partial charge in [0.05, 0.1) is 0 Å². The van der Waals surface area contributed by atoms with Crippen molar-refractivity contribution in [2.24, 2.45) is 0 Å². The number of aryl methyl sites for hydroxylation is 1. The number of nitrogens with one attached hydrogen (secondary N) is 1. The molecular weight excluding hydrogens is 216 g/mol. The lowest BCUT2D eigenvalue weighted by molar-refractivity contribution is 0.101. The summed E-state index contributed by atoms with van der Waals surface area (Å²) < 4.78 is 0. The maximum absolute atomic E-state index is 11.5. The Bertz CT molecular complexity index is 629. The van der Waals surface area contributed by atoms with Gasteiger partial charge >= 0.3 is 5.69 Å². The van der Waals surface area contributed by atoms with Gasteiger partial charge in [-0.2, -0.15) is 0 Å². The SMILES string of the molecule is CC(=O)c1ccccc1-c1cnc(=O)[nH]c1C. The van der Waals surface area contributed by atoms with Gasteiger partial charge in [-0.05, 0) is 19.4 Å². The molecule has 0 atom stereocenters. The lowest BCUT2D eigenvalue weighted by Gasteiger charge is -2.08. The summed E-state index contributed by atoms with van der Waals surface area (Å²) >= 11 is 0. The standard InChI is InChI=1S/C13H12N2O2/c1-8-12(7-14-13(17)15-8)11-6-4-3-5-10(11)9(2)16/h3-7H,1-2H3,(H,14,15,17). The zero-order chi connectivity index (χ0) is 12.4. The van der Waals surface area contributed by atoms with Crippen molar-refractivity contribution in [1.82, 2.24) is 9.97 Å². The van der Waals surface area contributed by atoms with Gasteiger partial charge in [0.15, 0.2) is 5.78 Å². The Morgan fingerprint density at radius 2 is 1.94 bits per heavy atom. The minimum Gasteiger partial charge on any atom is -0.309 e. The number of hydrogen-bond donors (Lipinski definition) is 1. The van der Waals surface area contributed by atoms with Crippen LogP contribution in [0.4, 0.5) is 0 Å². The molecule has 0 bridgehead atoms. The summed E-state index contributed by atoms with van der Waals surface area (Å²) in [6.07, 6.45) is 1.50. The molecule has 2 rings (SSSR count). The van der Waals surface area contributed by atoms with E-state index in [1.165, 1.54) is 13.1 Å². The van der Waals surface area contributed by atoms with Crippen LogP contribution in [0.25, 0.3) is 11.1 Å². The molecule has 1 aromatic heterocycles.